The predicted molar refractivity (Wildman–Crippen MR) is 118 cm³/mol. The van der Waals surface area contributed by atoms with Gasteiger partial charge in [0.05, 0.1) is 12.0 Å². The van der Waals surface area contributed by atoms with Crippen molar-refractivity contribution in [1.82, 2.24) is 5.06 Å². The number of carbonyl (C=O) groups excluding carboxylic acids is 1. The molecule has 154 valence electrons. The Balaban J connectivity index is 1.41. The van der Waals surface area contributed by atoms with Crippen molar-refractivity contribution in [3.8, 4) is 0 Å². The first-order valence-electron chi connectivity index (χ1n) is 11.4. The number of piperidine rings is 1. The van der Waals surface area contributed by atoms with Gasteiger partial charge in [-0.25, -0.2) is 5.06 Å². The van der Waals surface area contributed by atoms with Gasteiger partial charge in [0.2, 0.25) is 0 Å². The second-order valence-electron chi connectivity index (χ2n) is 9.72. The lowest BCUT2D eigenvalue weighted by Gasteiger charge is -2.60. The fraction of sp³-hybridized carbons (Fsp3) is 0.321. The van der Waals surface area contributed by atoms with Crippen LogP contribution in [-0.2, 0) is 15.0 Å². The summed E-state index contributed by atoms with van der Waals surface area (Å²) in [5.74, 6) is 0.620. The summed E-state index contributed by atoms with van der Waals surface area (Å²) in [6, 6.07) is 28.2. The number of fused-ring (bicyclic) bond motifs is 1. The molecule has 1 amide bonds. The Labute approximate surface area is 182 Å². The van der Waals surface area contributed by atoms with Crippen LogP contribution in [0.5, 0.6) is 0 Å². The highest BCUT2D eigenvalue weighted by molar-refractivity contribution is 5.86. The van der Waals surface area contributed by atoms with Crippen molar-refractivity contribution in [2.45, 2.75) is 43.2 Å². The van der Waals surface area contributed by atoms with Crippen LogP contribution in [0.3, 0.4) is 0 Å². The Morgan fingerprint density at radius 3 is 2.16 bits per heavy atom. The van der Waals surface area contributed by atoms with E-state index in [1.807, 2.05) is 18.2 Å². The molecular formula is C28H25NO2. The molecule has 0 N–H and O–H groups in total. The number of rotatable bonds is 1. The lowest BCUT2D eigenvalue weighted by Crippen LogP contribution is -2.63. The van der Waals surface area contributed by atoms with Crippen LogP contribution in [0.15, 0.2) is 78.9 Å². The number of amides is 1. The molecule has 3 aliphatic carbocycles. The molecule has 8 rings (SSSR count). The molecule has 0 aromatic heterocycles. The zero-order chi connectivity index (χ0) is 20.7. The normalized spacial score (nSPS) is 34.7. The second-order valence-corrected chi connectivity index (χ2v) is 9.72. The molecule has 0 unspecified atom stereocenters. The molecule has 2 saturated heterocycles. The molecular weight excluding hydrogens is 382 g/mol. The van der Waals surface area contributed by atoms with E-state index in [0.717, 1.165) is 18.4 Å². The molecule has 2 fully saturated rings. The predicted octanol–water partition coefficient (Wildman–Crippen LogP) is 5.36. The molecule has 3 heteroatoms. The zero-order valence-corrected chi connectivity index (χ0v) is 17.6. The van der Waals surface area contributed by atoms with Crippen molar-refractivity contribution in [2.24, 2.45) is 11.8 Å². The van der Waals surface area contributed by atoms with E-state index < -0.39 is 0 Å². The summed E-state index contributed by atoms with van der Waals surface area (Å²) in [4.78, 5) is 20.4. The van der Waals surface area contributed by atoms with Crippen LogP contribution in [0.1, 0.15) is 59.6 Å². The zero-order valence-electron chi connectivity index (χ0n) is 17.6. The highest BCUT2D eigenvalue weighted by Gasteiger charge is 2.65. The molecule has 3 nitrogen and oxygen atoms in total. The number of hydrogen-bond donors (Lipinski definition) is 0. The maximum Gasteiger partial charge on any atom is 0.251 e. The van der Waals surface area contributed by atoms with E-state index in [0.29, 0.717) is 0 Å². The van der Waals surface area contributed by atoms with Crippen LogP contribution in [0.2, 0.25) is 0 Å². The molecule has 5 aliphatic rings. The quantitative estimate of drug-likeness (QED) is 0.543. The van der Waals surface area contributed by atoms with Gasteiger partial charge < -0.3 is 0 Å². The van der Waals surface area contributed by atoms with Crippen LogP contribution in [0, 0.1) is 11.8 Å². The van der Waals surface area contributed by atoms with E-state index in [1.54, 1.807) is 5.06 Å². The maximum absolute atomic E-state index is 14.0. The number of hydrogen-bond acceptors (Lipinski definition) is 2. The van der Waals surface area contributed by atoms with Crippen LogP contribution < -0.4 is 0 Å². The third-order valence-electron chi connectivity index (χ3n) is 8.41. The SMILES string of the molecule is C[C@H]1C2c3ccccc3C3(C[C@@H]4C[C@H](c5ccccc5)ON4C(=O)[C@H]13)c1ccccc12. The molecule has 3 aromatic rings. The summed E-state index contributed by atoms with van der Waals surface area (Å²) in [5.41, 5.74) is 6.49. The smallest absolute Gasteiger partial charge is 0.251 e. The first-order chi connectivity index (χ1) is 15.2. The minimum atomic E-state index is -0.255. The lowest BCUT2D eigenvalue weighted by molar-refractivity contribution is -0.208. The lowest BCUT2D eigenvalue weighted by atomic mass is 9.44. The van der Waals surface area contributed by atoms with Crippen molar-refractivity contribution in [3.63, 3.8) is 0 Å². The first kappa shape index (κ1) is 17.7. The van der Waals surface area contributed by atoms with Gasteiger partial charge in [0.15, 0.2) is 0 Å². The molecule has 3 aromatic carbocycles. The average Bonchev–Trinajstić information content (AvgIpc) is 3.24. The molecule has 4 atom stereocenters. The topological polar surface area (TPSA) is 29.5 Å². The van der Waals surface area contributed by atoms with Crippen LogP contribution in [0.4, 0.5) is 0 Å². The van der Waals surface area contributed by atoms with Gasteiger partial charge in [-0.05, 0) is 40.2 Å². The Bertz CT molecular complexity index is 1150. The molecule has 0 saturated carbocycles. The molecule has 0 radical (unpaired) electrons. The van der Waals surface area contributed by atoms with E-state index in [-0.39, 0.29) is 41.2 Å². The van der Waals surface area contributed by atoms with Crippen molar-refractivity contribution in [1.29, 1.82) is 0 Å². The third-order valence-corrected chi connectivity index (χ3v) is 8.41. The number of benzene rings is 3. The number of hydroxylamine groups is 2. The van der Waals surface area contributed by atoms with Crippen LogP contribution >= 0.6 is 0 Å². The van der Waals surface area contributed by atoms with E-state index in [2.05, 4.69) is 67.6 Å². The minimum absolute atomic E-state index is 0.0512. The van der Waals surface area contributed by atoms with E-state index >= 15 is 0 Å². The maximum atomic E-state index is 14.0. The van der Waals surface area contributed by atoms with E-state index in [1.165, 1.54) is 22.3 Å². The minimum Gasteiger partial charge on any atom is -0.272 e. The van der Waals surface area contributed by atoms with E-state index in [9.17, 15) is 4.79 Å². The highest BCUT2D eigenvalue weighted by Crippen LogP contribution is 2.66. The Morgan fingerprint density at radius 2 is 1.48 bits per heavy atom. The van der Waals surface area contributed by atoms with Crippen molar-refractivity contribution in [3.05, 3.63) is 107 Å². The van der Waals surface area contributed by atoms with Gasteiger partial charge in [-0.3, -0.25) is 9.63 Å². The molecule has 2 heterocycles. The Morgan fingerprint density at radius 1 is 0.871 bits per heavy atom. The number of carbonyl (C=O) groups is 1. The molecule has 2 bridgehead atoms. The van der Waals surface area contributed by atoms with Crippen LogP contribution in [0.25, 0.3) is 0 Å². The Hall–Kier alpha value is -2.91. The summed E-state index contributed by atoms with van der Waals surface area (Å²) in [5, 5.41) is 1.76. The fourth-order valence-electron chi connectivity index (χ4n) is 7.37. The second kappa shape index (κ2) is 6.08. The van der Waals surface area contributed by atoms with Crippen molar-refractivity contribution < 1.29 is 9.63 Å². The summed E-state index contributed by atoms with van der Waals surface area (Å²) in [6.07, 6.45) is 1.73. The summed E-state index contributed by atoms with van der Waals surface area (Å²) in [7, 11) is 0. The fourth-order valence-corrected chi connectivity index (χ4v) is 7.37. The van der Waals surface area contributed by atoms with Gasteiger partial charge >= 0.3 is 0 Å². The summed E-state index contributed by atoms with van der Waals surface area (Å²) < 4.78 is 0. The molecule has 2 aliphatic heterocycles. The first-order valence-corrected chi connectivity index (χ1v) is 11.4. The van der Waals surface area contributed by atoms with E-state index in [4.69, 9.17) is 4.84 Å². The largest absolute Gasteiger partial charge is 0.272 e. The molecule has 31 heavy (non-hydrogen) atoms. The summed E-state index contributed by atoms with van der Waals surface area (Å²) >= 11 is 0. The van der Waals surface area contributed by atoms with Crippen molar-refractivity contribution in [2.75, 3.05) is 0 Å². The van der Waals surface area contributed by atoms with Gasteiger partial charge in [-0.15, -0.1) is 0 Å². The monoisotopic (exact) mass is 407 g/mol. The molecule has 1 spiro atoms. The van der Waals surface area contributed by atoms with Gasteiger partial charge in [-0.2, -0.15) is 0 Å². The van der Waals surface area contributed by atoms with Gasteiger partial charge in [0.1, 0.15) is 6.10 Å². The average molecular weight is 408 g/mol. The Kier molecular flexibility index (Phi) is 3.48. The van der Waals surface area contributed by atoms with Crippen molar-refractivity contribution >= 4 is 5.91 Å². The number of nitrogens with zero attached hydrogens (tertiary/aromatic N) is 1. The third kappa shape index (κ3) is 2.10. The van der Waals surface area contributed by atoms with Gasteiger partial charge in [0, 0.05) is 17.8 Å². The standard InChI is InChI=1S/C28H25NO2/c1-17-25-20-11-5-7-13-22(20)28(23-14-8-6-12-21(23)25)16-19-15-24(18-9-3-2-4-10-18)31-29(19)27(30)26(17)28/h2-14,17,19,24-26H,15-16H2,1H3/t17-,19-,24+,25?,26-,28?/m0/s1. The van der Waals surface area contributed by atoms with Gasteiger partial charge in [-0.1, -0.05) is 85.8 Å². The summed E-state index contributed by atoms with van der Waals surface area (Å²) in [6.45, 7) is 2.28. The van der Waals surface area contributed by atoms with Gasteiger partial charge in [0.25, 0.3) is 5.91 Å². The highest BCUT2D eigenvalue weighted by atomic mass is 16.7. The van der Waals surface area contributed by atoms with Crippen LogP contribution in [-0.4, -0.2) is 17.0 Å².